The highest BCUT2D eigenvalue weighted by molar-refractivity contribution is 7.21. The van der Waals surface area contributed by atoms with Crippen LogP contribution in [0.2, 0.25) is 0 Å². The number of amides is 1. The number of nitrogens with two attached hydrogens (primary N) is 1. The van der Waals surface area contributed by atoms with Crippen molar-refractivity contribution in [3.05, 3.63) is 58.8 Å². The van der Waals surface area contributed by atoms with Crippen molar-refractivity contribution in [3.63, 3.8) is 0 Å². The molecule has 0 bridgehead atoms. The molecule has 0 fully saturated rings. The predicted molar refractivity (Wildman–Crippen MR) is 127 cm³/mol. The van der Waals surface area contributed by atoms with E-state index in [4.69, 9.17) is 15.1 Å². The van der Waals surface area contributed by atoms with E-state index in [2.05, 4.69) is 5.32 Å². The lowest BCUT2D eigenvalue weighted by molar-refractivity contribution is 0.103. The van der Waals surface area contributed by atoms with E-state index in [1.165, 1.54) is 16.9 Å². The van der Waals surface area contributed by atoms with Gasteiger partial charge in [0, 0.05) is 42.1 Å². The van der Waals surface area contributed by atoms with Gasteiger partial charge in [0.15, 0.2) is 0 Å². The first-order valence-corrected chi connectivity index (χ1v) is 11.2. The van der Waals surface area contributed by atoms with Crippen molar-refractivity contribution in [2.45, 2.75) is 25.7 Å². The molecule has 3 N–H and O–H groups in total. The van der Waals surface area contributed by atoms with E-state index in [0.29, 0.717) is 10.6 Å². The Labute approximate surface area is 184 Å². The number of furan rings is 1. The van der Waals surface area contributed by atoms with Crippen LogP contribution in [0.25, 0.3) is 21.5 Å². The minimum atomic E-state index is -0.221. The number of nitrogens with one attached hydrogen (secondary N) is 1. The quantitative estimate of drug-likeness (QED) is 0.455. The first-order valence-electron chi connectivity index (χ1n) is 10.4. The molecular weight excluding hydrogens is 408 g/mol. The molecule has 31 heavy (non-hydrogen) atoms. The number of anilines is 3. The number of carbonyl (C=O) groups excluding carboxylic acids is 1. The van der Waals surface area contributed by atoms with E-state index in [1.807, 2.05) is 55.4 Å². The summed E-state index contributed by atoms with van der Waals surface area (Å²) in [6.45, 7) is 0. The third-order valence-electron chi connectivity index (χ3n) is 5.77. The number of thiophene rings is 1. The molecule has 1 aliphatic carbocycles. The molecule has 1 aliphatic rings. The molecule has 0 saturated carbocycles. The van der Waals surface area contributed by atoms with Crippen molar-refractivity contribution in [2.75, 3.05) is 30.0 Å². The summed E-state index contributed by atoms with van der Waals surface area (Å²) in [7, 11) is 3.96. The van der Waals surface area contributed by atoms with Crippen LogP contribution in [0.15, 0.2) is 47.1 Å². The average molecular weight is 433 g/mol. The molecular formula is C24H24N4O2S. The van der Waals surface area contributed by atoms with Crippen molar-refractivity contribution in [3.8, 4) is 11.3 Å². The van der Waals surface area contributed by atoms with Crippen LogP contribution in [0.3, 0.4) is 0 Å². The van der Waals surface area contributed by atoms with Gasteiger partial charge in [-0.15, -0.1) is 11.3 Å². The van der Waals surface area contributed by atoms with E-state index >= 15 is 0 Å². The van der Waals surface area contributed by atoms with Crippen LogP contribution >= 0.6 is 11.3 Å². The van der Waals surface area contributed by atoms with Crippen molar-refractivity contribution >= 4 is 44.5 Å². The van der Waals surface area contributed by atoms with Gasteiger partial charge in [0.2, 0.25) is 0 Å². The van der Waals surface area contributed by atoms with Gasteiger partial charge in [-0.2, -0.15) is 0 Å². The molecule has 0 radical (unpaired) electrons. The number of fused-ring (bicyclic) bond motifs is 2. The number of aryl methyl sites for hydroxylation is 1. The minimum absolute atomic E-state index is 0.221. The Bertz CT molecular complexity index is 1260. The molecule has 3 heterocycles. The third-order valence-corrected chi connectivity index (χ3v) is 6.87. The van der Waals surface area contributed by atoms with Gasteiger partial charge in [0.25, 0.3) is 5.91 Å². The molecule has 4 aromatic rings. The second-order valence-corrected chi connectivity index (χ2v) is 9.02. The van der Waals surface area contributed by atoms with Gasteiger partial charge in [-0.25, -0.2) is 4.98 Å². The van der Waals surface area contributed by atoms with Crippen LogP contribution < -0.4 is 16.0 Å². The summed E-state index contributed by atoms with van der Waals surface area (Å²) < 4.78 is 5.76. The van der Waals surface area contributed by atoms with Crippen LogP contribution in [-0.2, 0) is 12.8 Å². The van der Waals surface area contributed by atoms with Gasteiger partial charge < -0.3 is 20.4 Å². The van der Waals surface area contributed by atoms with Crippen LogP contribution in [0.5, 0.6) is 0 Å². The number of nitrogens with zero attached hydrogens (tertiary/aromatic N) is 2. The molecule has 1 aromatic carbocycles. The summed E-state index contributed by atoms with van der Waals surface area (Å²) in [4.78, 5) is 21.3. The predicted octanol–water partition coefficient (Wildman–Crippen LogP) is 5.34. The van der Waals surface area contributed by atoms with E-state index < -0.39 is 0 Å². The summed E-state index contributed by atoms with van der Waals surface area (Å²) >= 11 is 1.35. The molecule has 0 aliphatic heterocycles. The monoisotopic (exact) mass is 432 g/mol. The van der Waals surface area contributed by atoms with Gasteiger partial charge >= 0.3 is 0 Å². The average Bonchev–Trinajstić information content (AvgIpc) is 3.41. The number of pyridine rings is 1. The smallest absolute Gasteiger partial charge is 0.267 e. The standard InChI is InChI=1S/C24H24N4O2S/c1-28(2)15-11-9-14(10-12-15)26-23(29)22-21(25)20-19(18-8-5-13-30-18)16-6-3-4-7-17(16)27-24(20)31-22/h5,8-13H,3-4,6-7,25H2,1-2H3,(H,26,29). The number of rotatable bonds is 4. The Hall–Kier alpha value is -3.32. The van der Waals surface area contributed by atoms with Crippen LogP contribution in [0, 0.1) is 0 Å². The number of carbonyl (C=O) groups is 1. The zero-order valence-corrected chi connectivity index (χ0v) is 18.4. The minimum Gasteiger partial charge on any atom is -0.464 e. The SMILES string of the molecule is CN(C)c1ccc(NC(=O)c2sc3nc4c(c(-c5ccco5)c3c2N)CCCC4)cc1. The van der Waals surface area contributed by atoms with Gasteiger partial charge in [-0.3, -0.25) is 4.79 Å². The van der Waals surface area contributed by atoms with E-state index in [-0.39, 0.29) is 5.91 Å². The van der Waals surface area contributed by atoms with Gasteiger partial charge in [-0.05, 0) is 67.6 Å². The topological polar surface area (TPSA) is 84.4 Å². The van der Waals surface area contributed by atoms with Crippen molar-refractivity contribution < 1.29 is 9.21 Å². The summed E-state index contributed by atoms with van der Waals surface area (Å²) in [5.41, 5.74) is 12.1. The molecule has 0 atom stereocenters. The lowest BCUT2D eigenvalue weighted by Crippen LogP contribution is -2.13. The molecule has 7 heteroatoms. The summed E-state index contributed by atoms with van der Waals surface area (Å²) in [6.07, 6.45) is 5.80. The Morgan fingerprint density at radius 1 is 1.16 bits per heavy atom. The Morgan fingerprint density at radius 2 is 1.94 bits per heavy atom. The van der Waals surface area contributed by atoms with Crippen LogP contribution in [0.1, 0.15) is 33.8 Å². The largest absolute Gasteiger partial charge is 0.464 e. The van der Waals surface area contributed by atoms with Crippen molar-refractivity contribution in [1.82, 2.24) is 4.98 Å². The zero-order chi connectivity index (χ0) is 21.5. The summed E-state index contributed by atoms with van der Waals surface area (Å²) in [6, 6.07) is 11.5. The number of aromatic nitrogens is 1. The maximum atomic E-state index is 13.1. The second-order valence-electron chi connectivity index (χ2n) is 8.02. The summed E-state index contributed by atoms with van der Waals surface area (Å²) in [5.74, 6) is 0.558. The Morgan fingerprint density at radius 3 is 2.65 bits per heavy atom. The fraction of sp³-hybridized carbons (Fsp3) is 0.250. The third kappa shape index (κ3) is 3.45. The lowest BCUT2D eigenvalue weighted by Gasteiger charge is -2.18. The van der Waals surface area contributed by atoms with Gasteiger partial charge in [0.1, 0.15) is 15.5 Å². The van der Waals surface area contributed by atoms with Crippen LogP contribution in [-0.4, -0.2) is 25.0 Å². The number of nitrogen functional groups attached to an aromatic ring is 1. The maximum absolute atomic E-state index is 13.1. The normalized spacial score (nSPS) is 13.2. The maximum Gasteiger partial charge on any atom is 0.267 e. The molecule has 0 saturated heterocycles. The van der Waals surface area contributed by atoms with Crippen LogP contribution in [0.4, 0.5) is 17.1 Å². The Balaban J connectivity index is 1.58. The first-order chi connectivity index (χ1) is 15.0. The number of benzene rings is 1. The molecule has 5 rings (SSSR count). The fourth-order valence-corrected chi connectivity index (χ4v) is 5.22. The van der Waals surface area contributed by atoms with Gasteiger partial charge in [-0.1, -0.05) is 0 Å². The van der Waals surface area contributed by atoms with E-state index in [9.17, 15) is 4.79 Å². The molecule has 0 spiro atoms. The first kappa shape index (κ1) is 19.6. The molecule has 0 unspecified atom stereocenters. The molecule has 1 amide bonds. The highest BCUT2D eigenvalue weighted by Gasteiger charge is 2.26. The number of hydrogen-bond acceptors (Lipinski definition) is 6. The second kappa shape index (κ2) is 7.74. The number of hydrogen-bond donors (Lipinski definition) is 2. The highest BCUT2D eigenvalue weighted by Crippen LogP contribution is 2.44. The lowest BCUT2D eigenvalue weighted by atomic mass is 9.89. The molecule has 158 valence electrons. The Kier molecular flexibility index (Phi) is 4.90. The highest BCUT2D eigenvalue weighted by atomic mass is 32.1. The van der Waals surface area contributed by atoms with Gasteiger partial charge in [0.05, 0.1) is 12.0 Å². The van der Waals surface area contributed by atoms with E-state index in [1.54, 1.807) is 6.26 Å². The van der Waals surface area contributed by atoms with Crippen molar-refractivity contribution in [2.24, 2.45) is 0 Å². The fourth-order valence-electron chi connectivity index (χ4n) is 4.20. The van der Waals surface area contributed by atoms with E-state index in [0.717, 1.165) is 64.3 Å². The molecule has 6 nitrogen and oxygen atoms in total. The van der Waals surface area contributed by atoms with Crippen molar-refractivity contribution in [1.29, 1.82) is 0 Å². The zero-order valence-electron chi connectivity index (χ0n) is 17.6. The summed E-state index contributed by atoms with van der Waals surface area (Å²) in [5, 5.41) is 3.80. The molecule has 3 aromatic heterocycles.